The summed E-state index contributed by atoms with van der Waals surface area (Å²) in [6, 6.07) is 6.01. The van der Waals surface area contributed by atoms with Gasteiger partial charge >= 0.3 is 0 Å². The van der Waals surface area contributed by atoms with E-state index in [0.717, 1.165) is 21.6 Å². The smallest absolute Gasteiger partial charge is 0.219 e. The zero-order chi connectivity index (χ0) is 10.8. The first kappa shape index (κ1) is 9.98. The van der Waals surface area contributed by atoms with Crippen LogP contribution in [0.1, 0.15) is 5.56 Å². The first-order chi connectivity index (χ1) is 7.16. The molecule has 2 rings (SSSR count). The molecule has 0 unspecified atom stereocenters. The minimum Gasteiger partial charge on any atom is -0.368 e. The van der Waals surface area contributed by atoms with Gasteiger partial charge < -0.3 is 5.73 Å². The number of thiol groups is 1. The molecule has 0 fully saturated rings. The highest BCUT2D eigenvalue weighted by molar-refractivity contribution is 7.80. The van der Waals surface area contributed by atoms with E-state index in [1.165, 1.54) is 0 Å². The molecule has 0 spiro atoms. The third kappa shape index (κ3) is 2.10. The van der Waals surface area contributed by atoms with E-state index in [1.807, 2.05) is 19.1 Å². The molecule has 0 aliphatic carbocycles. The Bertz CT molecular complexity index is 480. The number of benzene rings is 1. The summed E-state index contributed by atoms with van der Waals surface area (Å²) in [6.07, 6.45) is 3.44. The van der Waals surface area contributed by atoms with Gasteiger partial charge in [-0.15, -0.1) is 12.6 Å². The lowest BCUT2D eigenvalue weighted by Gasteiger charge is -2.04. The van der Waals surface area contributed by atoms with Crippen molar-refractivity contribution in [3.05, 3.63) is 36.2 Å². The number of rotatable bonds is 1. The van der Waals surface area contributed by atoms with Gasteiger partial charge in [0.25, 0.3) is 0 Å². The zero-order valence-corrected chi connectivity index (χ0v) is 9.20. The van der Waals surface area contributed by atoms with Gasteiger partial charge in [-0.05, 0) is 24.1 Å². The molecule has 0 radical (unpaired) electrons. The molecule has 2 aromatic rings. The average molecular weight is 217 g/mol. The molecular weight excluding hydrogens is 206 g/mol. The van der Waals surface area contributed by atoms with Gasteiger partial charge in [0.15, 0.2) is 0 Å². The van der Waals surface area contributed by atoms with E-state index in [4.69, 9.17) is 5.73 Å². The topological polar surface area (TPSA) is 51.8 Å². The highest BCUT2D eigenvalue weighted by atomic mass is 32.1. The fourth-order valence-electron chi connectivity index (χ4n) is 1.32. The Hall–Kier alpha value is -1.55. The largest absolute Gasteiger partial charge is 0.368 e. The minimum atomic E-state index is 0.293. The van der Waals surface area contributed by atoms with Crippen molar-refractivity contribution >= 4 is 18.6 Å². The van der Waals surface area contributed by atoms with Gasteiger partial charge in [-0.25, -0.2) is 9.97 Å². The van der Waals surface area contributed by atoms with Crippen LogP contribution in [-0.2, 0) is 0 Å². The van der Waals surface area contributed by atoms with Gasteiger partial charge in [0.1, 0.15) is 0 Å². The summed E-state index contributed by atoms with van der Waals surface area (Å²) in [4.78, 5) is 8.89. The van der Waals surface area contributed by atoms with Crippen molar-refractivity contribution in [3.63, 3.8) is 0 Å². The molecule has 0 amide bonds. The van der Waals surface area contributed by atoms with Gasteiger partial charge in [-0.3, -0.25) is 0 Å². The lowest BCUT2D eigenvalue weighted by Crippen LogP contribution is -1.93. The van der Waals surface area contributed by atoms with Crippen molar-refractivity contribution in [2.75, 3.05) is 5.73 Å². The predicted octanol–water partition coefficient (Wildman–Crippen LogP) is 2.32. The van der Waals surface area contributed by atoms with Crippen LogP contribution in [-0.4, -0.2) is 9.97 Å². The predicted molar refractivity (Wildman–Crippen MR) is 63.9 cm³/mol. The number of nitrogens with zero attached hydrogens (tertiary/aromatic N) is 2. The second-order valence-corrected chi connectivity index (χ2v) is 3.81. The van der Waals surface area contributed by atoms with Crippen LogP contribution in [0.25, 0.3) is 11.1 Å². The van der Waals surface area contributed by atoms with Gasteiger partial charge in [0.2, 0.25) is 5.95 Å². The quantitative estimate of drug-likeness (QED) is 0.721. The molecule has 76 valence electrons. The van der Waals surface area contributed by atoms with Crippen LogP contribution < -0.4 is 5.73 Å². The summed E-state index contributed by atoms with van der Waals surface area (Å²) in [6.45, 7) is 2.02. The molecule has 1 aromatic carbocycles. The van der Waals surface area contributed by atoms with Crippen molar-refractivity contribution in [2.24, 2.45) is 0 Å². The first-order valence-electron chi connectivity index (χ1n) is 4.54. The van der Waals surface area contributed by atoms with Crippen LogP contribution in [0.15, 0.2) is 35.5 Å². The molecule has 0 aliphatic rings. The van der Waals surface area contributed by atoms with Crippen LogP contribution in [0.5, 0.6) is 0 Å². The second kappa shape index (κ2) is 3.90. The number of aromatic nitrogens is 2. The minimum absolute atomic E-state index is 0.293. The Morgan fingerprint density at radius 1 is 1.13 bits per heavy atom. The maximum Gasteiger partial charge on any atom is 0.219 e. The van der Waals surface area contributed by atoms with Gasteiger partial charge in [0.05, 0.1) is 0 Å². The van der Waals surface area contributed by atoms with Crippen LogP contribution in [0.3, 0.4) is 0 Å². The average Bonchev–Trinajstić information content (AvgIpc) is 2.23. The van der Waals surface area contributed by atoms with E-state index in [0.29, 0.717) is 5.95 Å². The van der Waals surface area contributed by atoms with E-state index in [1.54, 1.807) is 12.4 Å². The standard InChI is InChI=1S/C11H11N3S/c1-7-4-8(2-3-10(7)15)9-5-13-11(12)14-6-9/h2-6,15H,1H3,(H2,12,13,14). The lowest BCUT2D eigenvalue weighted by molar-refractivity contribution is 1.18. The van der Waals surface area contributed by atoms with E-state index >= 15 is 0 Å². The SMILES string of the molecule is Cc1cc(-c2cnc(N)nc2)ccc1S. The number of hydrogen-bond donors (Lipinski definition) is 2. The summed E-state index contributed by atoms with van der Waals surface area (Å²) in [5.41, 5.74) is 8.59. The number of hydrogen-bond acceptors (Lipinski definition) is 4. The number of anilines is 1. The summed E-state index contributed by atoms with van der Waals surface area (Å²) >= 11 is 4.32. The van der Waals surface area contributed by atoms with E-state index < -0.39 is 0 Å². The van der Waals surface area contributed by atoms with Crippen molar-refractivity contribution in [1.82, 2.24) is 9.97 Å². The Balaban J connectivity index is 2.45. The summed E-state index contributed by atoms with van der Waals surface area (Å²) < 4.78 is 0. The zero-order valence-electron chi connectivity index (χ0n) is 8.31. The molecule has 4 heteroatoms. The Labute approximate surface area is 93.8 Å². The molecule has 0 saturated carbocycles. The third-order valence-corrected chi connectivity index (χ3v) is 2.70. The number of aryl methyl sites for hydroxylation is 1. The van der Waals surface area contributed by atoms with Crippen LogP contribution in [0.4, 0.5) is 5.95 Å². The van der Waals surface area contributed by atoms with Crippen LogP contribution in [0, 0.1) is 6.92 Å². The summed E-state index contributed by atoms with van der Waals surface area (Å²) in [5, 5.41) is 0. The molecular formula is C11H11N3S. The van der Waals surface area contributed by atoms with Gasteiger partial charge in [-0.2, -0.15) is 0 Å². The van der Waals surface area contributed by atoms with Crippen LogP contribution >= 0.6 is 12.6 Å². The van der Waals surface area contributed by atoms with E-state index in [9.17, 15) is 0 Å². The fraction of sp³-hybridized carbons (Fsp3) is 0.0909. The highest BCUT2D eigenvalue weighted by Gasteiger charge is 2.00. The molecule has 0 bridgehead atoms. The van der Waals surface area contributed by atoms with Gasteiger partial charge in [-0.1, -0.05) is 12.1 Å². The fourth-order valence-corrected chi connectivity index (χ4v) is 1.46. The lowest BCUT2D eigenvalue weighted by atomic mass is 10.1. The van der Waals surface area contributed by atoms with Crippen LogP contribution in [0.2, 0.25) is 0 Å². The maximum atomic E-state index is 5.42. The second-order valence-electron chi connectivity index (χ2n) is 3.33. The maximum absolute atomic E-state index is 5.42. The Morgan fingerprint density at radius 3 is 2.40 bits per heavy atom. The molecule has 1 heterocycles. The highest BCUT2D eigenvalue weighted by Crippen LogP contribution is 2.22. The summed E-state index contributed by atoms with van der Waals surface area (Å²) in [5.74, 6) is 0.293. The Morgan fingerprint density at radius 2 is 1.80 bits per heavy atom. The molecule has 0 aliphatic heterocycles. The molecule has 3 nitrogen and oxygen atoms in total. The van der Waals surface area contributed by atoms with E-state index in [2.05, 4.69) is 28.7 Å². The monoisotopic (exact) mass is 217 g/mol. The van der Waals surface area contributed by atoms with Crippen molar-refractivity contribution in [1.29, 1.82) is 0 Å². The number of nitrogen functional groups attached to an aromatic ring is 1. The van der Waals surface area contributed by atoms with Gasteiger partial charge in [0, 0.05) is 22.9 Å². The molecule has 0 saturated heterocycles. The molecule has 0 atom stereocenters. The molecule has 1 aromatic heterocycles. The molecule has 2 N–H and O–H groups in total. The third-order valence-electron chi connectivity index (χ3n) is 2.20. The normalized spacial score (nSPS) is 10.3. The Kier molecular flexibility index (Phi) is 2.60. The first-order valence-corrected chi connectivity index (χ1v) is 4.99. The van der Waals surface area contributed by atoms with Crippen molar-refractivity contribution in [2.45, 2.75) is 11.8 Å². The summed E-state index contributed by atoms with van der Waals surface area (Å²) in [7, 11) is 0. The molecule has 15 heavy (non-hydrogen) atoms. The van der Waals surface area contributed by atoms with Crippen molar-refractivity contribution < 1.29 is 0 Å². The van der Waals surface area contributed by atoms with Crippen molar-refractivity contribution in [3.8, 4) is 11.1 Å². The number of nitrogens with two attached hydrogens (primary N) is 1. The van der Waals surface area contributed by atoms with E-state index in [-0.39, 0.29) is 0 Å².